The number of hydrogen-bond donors (Lipinski definition) is 1. The summed E-state index contributed by atoms with van der Waals surface area (Å²) in [5.41, 5.74) is 0.778. The molecule has 0 unspecified atom stereocenters. The van der Waals surface area contributed by atoms with Crippen LogP contribution in [0.3, 0.4) is 0 Å². The van der Waals surface area contributed by atoms with Gasteiger partial charge < -0.3 is 0 Å². The SMILES string of the molecule is Cl.O=[N+]([O-])c1ccc(S(=O)(=O)Nc2nnc(Cc3ccc(Cl)cc3)s2)cc1. The van der Waals surface area contributed by atoms with E-state index in [1.807, 2.05) is 12.1 Å². The van der Waals surface area contributed by atoms with E-state index in [1.54, 1.807) is 12.1 Å². The third kappa shape index (κ3) is 5.36. The maximum atomic E-state index is 12.3. The summed E-state index contributed by atoms with van der Waals surface area (Å²) in [6.45, 7) is 0. The molecule has 0 fully saturated rings. The minimum absolute atomic E-state index is 0. The Hall–Kier alpha value is -2.27. The molecule has 12 heteroatoms. The Morgan fingerprint density at radius 3 is 2.30 bits per heavy atom. The van der Waals surface area contributed by atoms with Gasteiger partial charge in [-0.3, -0.25) is 14.8 Å². The van der Waals surface area contributed by atoms with Crippen molar-refractivity contribution in [3.05, 3.63) is 74.2 Å². The number of nitrogens with zero attached hydrogens (tertiary/aromatic N) is 3. The van der Waals surface area contributed by atoms with Gasteiger partial charge in [0.25, 0.3) is 15.7 Å². The molecule has 0 aliphatic rings. The molecule has 27 heavy (non-hydrogen) atoms. The van der Waals surface area contributed by atoms with Crippen LogP contribution in [0.2, 0.25) is 5.02 Å². The first-order chi connectivity index (χ1) is 12.3. The molecule has 8 nitrogen and oxygen atoms in total. The molecule has 142 valence electrons. The molecule has 0 spiro atoms. The van der Waals surface area contributed by atoms with Crippen molar-refractivity contribution in [2.24, 2.45) is 0 Å². The van der Waals surface area contributed by atoms with Gasteiger partial charge >= 0.3 is 0 Å². The van der Waals surface area contributed by atoms with E-state index in [4.69, 9.17) is 11.6 Å². The van der Waals surface area contributed by atoms with Crippen molar-refractivity contribution in [2.75, 3.05) is 4.72 Å². The van der Waals surface area contributed by atoms with E-state index in [0.717, 1.165) is 41.2 Å². The number of halogens is 2. The van der Waals surface area contributed by atoms with Crippen LogP contribution in [0.5, 0.6) is 0 Å². The lowest BCUT2D eigenvalue weighted by Crippen LogP contribution is -2.12. The van der Waals surface area contributed by atoms with Crippen molar-refractivity contribution in [2.45, 2.75) is 11.3 Å². The molecule has 0 saturated carbocycles. The summed E-state index contributed by atoms with van der Waals surface area (Å²) >= 11 is 6.95. The molecule has 1 aromatic heterocycles. The molecule has 3 aromatic rings. The monoisotopic (exact) mass is 446 g/mol. The van der Waals surface area contributed by atoms with Gasteiger partial charge in [0, 0.05) is 23.6 Å². The average molecular weight is 447 g/mol. The van der Waals surface area contributed by atoms with E-state index in [9.17, 15) is 18.5 Å². The number of sulfonamides is 1. The van der Waals surface area contributed by atoms with Gasteiger partial charge in [-0.25, -0.2) is 8.42 Å². The second-order valence-corrected chi connectivity index (χ2v) is 8.34. The normalized spacial score (nSPS) is 10.9. The zero-order valence-corrected chi connectivity index (χ0v) is 16.6. The maximum absolute atomic E-state index is 12.3. The molecular formula is C15H12Cl2N4O4S2. The lowest BCUT2D eigenvalue weighted by Gasteiger charge is -2.04. The summed E-state index contributed by atoms with van der Waals surface area (Å²) < 4.78 is 27.0. The molecule has 1 N–H and O–H groups in total. The number of nitro groups is 1. The van der Waals surface area contributed by atoms with E-state index in [-0.39, 0.29) is 28.1 Å². The van der Waals surface area contributed by atoms with Crippen LogP contribution >= 0.6 is 35.3 Å². The van der Waals surface area contributed by atoms with E-state index < -0.39 is 14.9 Å². The van der Waals surface area contributed by atoms with Crippen molar-refractivity contribution in [1.29, 1.82) is 0 Å². The molecule has 2 aromatic carbocycles. The molecule has 0 radical (unpaired) electrons. The van der Waals surface area contributed by atoms with Crippen LogP contribution in [0.25, 0.3) is 0 Å². The Labute approximate surface area is 169 Å². The number of nitro benzene ring substituents is 1. The van der Waals surface area contributed by atoms with Gasteiger partial charge in [-0.1, -0.05) is 35.1 Å². The molecule has 0 amide bonds. The van der Waals surface area contributed by atoms with Gasteiger partial charge in [-0.15, -0.1) is 22.6 Å². The summed E-state index contributed by atoms with van der Waals surface area (Å²) in [6, 6.07) is 11.8. The van der Waals surface area contributed by atoms with Gasteiger partial charge in [0.1, 0.15) is 5.01 Å². The zero-order valence-electron chi connectivity index (χ0n) is 13.4. The molecule has 0 saturated heterocycles. The fourth-order valence-electron chi connectivity index (χ4n) is 2.06. The number of anilines is 1. The Morgan fingerprint density at radius 1 is 1.07 bits per heavy atom. The number of rotatable bonds is 6. The van der Waals surface area contributed by atoms with E-state index in [1.165, 1.54) is 0 Å². The first-order valence-corrected chi connectivity index (χ1v) is 9.85. The number of hydrogen-bond acceptors (Lipinski definition) is 7. The predicted octanol–water partition coefficient (Wildman–Crippen LogP) is 3.91. The molecule has 0 aliphatic carbocycles. The summed E-state index contributed by atoms with van der Waals surface area (Å²) in [5.74, 6) is 0. The molecule has 0 bridgehead atoms. The number of aromatic nitrogens is 2. The maximum Gasteiger partial charge on any atom is 0.269 e. The molecular weight excluding hydrogens is 435 g/mol. The lowest BCUT2D eigenvalue weighted by atomic mass is 10.2. The number of benzene rings is 2. The topological polar surface area (TPSA) is 115 Å². The first kappa shape index (κ1) is 21.0. The van der Waals surface area contributed by atoms with Crippen LogP contribution in [-0.2, 0) is 16.4 Å². The lowest BCUT2D eigenvalue weighted by molar-refractivity contribution is -0.384. The number of non-ortho nitro benzene ring substituents is 1. The van der Waals surface area contributed by atoms with Crippen LogP contribution < -0.4 is 4.72 Å². The summed E-state index contributed by atoms with van der Waals surface area (Å²) in [5, 5.41) is 19.8. The second-order valence-electron chi connectivity index (χ2n) is 5.16. The highest BCUT2D eigenvalue weighted by atomic mass is 35.5. The minimum atomic E-state index is -3.90. The highest BCUT2D eigenvalue weighted by Crippen LogP contribution is 2.23. The summed E-state index contributed by atoms with van der Waals surface area (Å²) in [7, 11) is -3.90. The largest absolute Gasteiger partial charge is 0.269 e. The van der Waals surface area contributed by atoms with Gasteiger partial charge in [0.05, 0.1) is 9.82 Å². The highest BCUT2D eigenvalue weighted by Gasteiger charge is 2.18. The Morgan fingerprint density at radius 2 is 1.70 bits per heavy atom. The third-order valence-electron chi connectivity index (χ3n) is 3.31. The fourth-order valence-corrected chi connectivity index (χ4v) is 4.19. The Balaban J connectivity index is 0.00000261. The van der Waals surface area contributed by atoms with Crippen molar-refractivity contribution in [3.8, 4) is 0 Å². The van der Waals surface area contributed by atoms with Crippen LogP contribution in [0.15, 0.2) is 53.4 Å². The van der Waals surface area contributed by atoms with Gasteiger partial charge in [-0.05, 0) is 29.8 Å². The zero-order chi connectivity index (χ0) is 18.7. The van der Waals surface area contributed by atoms with E-state index in [2.05, 4.69) is 14.9 Å². The molecule has 1 heterocycles. The standard InChI is InChI=1S/C15H11ClN4O4S2.ClH/c16-11-3-1-10(2-4-11)9-14-17-18-15(25-14)19-26(23,24)13-7-5-12(6-8-13)20(21)22;/h1-8H,9H2,(H,18,19);1H. The highest BCUT2D eigenvalue weighted by molar-refractivity contribution is 7.93. The first-order valence-electron chi connectivity index (χ1n) is 7.17. The van der Waals surface area contributed by atoms with Crippen molar-refractivity contribution in [1.82, 2.24) is 10.2 Å². The van der Waals surface area contributed by atoms with E-state index in [0.29, 0.717) is 16.5 Å². The van der Waals surface area contributed by atoms with Crippen LogP contribution in [0.1, 0.15) is 10.6 Å². The van der Waals surface area contributed by atoms with E-state index >= 15 is 0 Å². The van der Waals surface area contributed by atoms with Crippen LogP contribution in [-0.4, -0.2) is 23.5 Å². The Kier molecular flexibility index (Phi) is 6.71. The smallest absolute Gasteiger partial charge is 0.258 e. The molecule has 0 atom stereocenters. The van der Waals surface area contributed by atoms with Gasteiger partial charge in [0.15, 0.2) is 0 Å². The minimum Gasteiger partial charge on any atom is -0.258 e. The molecule has 0 aliphatic heterocycles. The fraction of sp³-hybridized carbons (Fsp3) is 0.0667. The average Bonchev–Trinajstić information content (AvgIpc) is 3.03. The van der Waals surface area contributed by atoms with Gasteiger partial charge in [0.2, 0.25) is 5.13 Å². The quantitative estimate of drug-likeness (QED) is 0.453. The predicted molar refractivity (Wildman–Crippen MR) is 105 cm³/mol. The van der Waals surface area contributed by atoms with Crippen molar-refractivity contribution >= 4 is 56.2 Å². The van der Waals surface area contributed by atoms with Gasteiger partial charge in [-0.2, -0.15) is 0 Å². The summed E-state index contributed by atoms with van der Waals surface area (Å²) in [4.78, 5) is 9.94. The second kappa shape index (κ2) is 8.61. The number of nitrogens with one attached hydrogen (secondary N) is 1. The summed E-state index contributed by atoms with van der Waals surface area (Å²) in [6.07, 6.45) is 0.494. The van der Waals surface area contributed by atoms with Crippen molar-refractivity contribution < 1.29 is 13.3 Å². The Bertz CT molecular complexity index is 1040. The third-order valence-corrected chi connectivity index (χ3v) is 5.89. The van der Waals surface area contributed by atoms with Crippen molar-refractivity contribution in [3.63, 3.8) is 0 Å². The van der Waals surface area contributed by atoms with Crippen LogP contribution in [0, 0.1) is 10.1 Å². The molecule has 3 rings (SSSR count). The van der Waals surface area contributed by atoms with Crippen LogP contribution in [0.4, 0.5) is 10.8 Å².